The molecule has 0 aliphatic carbocycles. The van der Waals surface area contributed by atoms with E-state index in [1.165, 1.54) is 11.3 Å². The zero-order valence-corrected chi connectivity index (χ0v) is 12.8. The molecule has 1 amide bonds. The van der Waals surface area contributed by atoms with Gasteiger partial charge in [-0.25, -0.2) is 0 Å². The predicted molar refractivity (Wildman–Crippen MR) is 82.5 cm³/mol. The normalized spacial score (nSPS) is 11.9. The number of ether oxygens (including phenoxy) is 1. The number of methoxy groups -OCH3 is 1. The summed E-state index contributed by atoms with van der Waals surface area (Å²) >= 11 is 1.48. The largest absolute Gasteiger partial charge is 0.497 e. The number of nitrogens with one attached hydrogen (secondary N) is 1. The van der Waals surface area contributed by atoms with Gasteiger partial charge < -0.3 is 10.1 Å². The number of aryl methyl sites for hydroxylation is 1. The molecule has 0 fully saturated rings. The Morgan fingerprint density at radius 3 is 2.50 bits per heavy atom. The molecule has 0 radical (unpaired) electrons. The van der Waals surface area contributed by atoms with Crippen LogP contribution < -0.4 is 10.1 Å². The lowest BCUT2D eigenvalue weighted by atomic mass is 10.0. The lowest BCUT2D eigenvalue weighted by molar-refractivity contribution is 0.0939. The van der Waals surface area contributed by atoms with Gasteiger partial charge in [0, 0.05) is 0 Å². The predicted octanol–water partition coefficient (Wildman–Crippen LogP) is 3.95. The fourth-order valence-electron chi connectivity index (χ4n) is 2.09. The molecule has 2 rings (SSSR count). The van der Waals surface area contributed by atoms with E-state index in [9.17, 15) is 4.79 Å². The third-order valence-electron chi connectivity index (χ3n) is 3.30. The van der Waals surface area contributed by atoms with Gasteiger partial charge in [-0.1, -0.05) is 19.1 Å². The first kappa shape index (κ1) is 14.6. The van der Waals surface area contributed by atoms with Crippen molar-refractivity contribution in [2.75, 3.05) is 7.11 Å². The molecule has 0 spiro atoms. The zero-order chi connectivity index (χ0) is 14.5. The fraction of sp³-hybridized carbons (Fsp3) is 0.312. The first-order valence-corrected chi connectivity index (χ1v) is 7.52. The van der Waals surface area contributed by atoms with Crippen molar-refractivity contribution in [2.45, 2.75) is 26.3 Å². The Labute approximate surface area is 123 Å². The van der Waals surface area contributed by atoms with Crippen molar-refractivity contribution in [3.63, 3.8) is 0 Å². The van der Waals surface area contributed by atoms with Crippen LogP contribution in [-0.4, -0.2) is 13.0 Å². The first-order valence-electron chi connectivity index (χ1n) is 6.64. The molecule has 1 N–H and O–H groups in total. The number of hydrogen-bond acceptors (Lipinski definition) is 3. The molecule has 4 heteroatoms. The van der Waals surface area contributed by atoms with Gasteiger partial charge in [-0.2, -0.15) is 0 Å². The van der Waals surface area contributed by atoms with Crippen LogP contribution in [0.2, 0.25) is 0 Å². The summed E-state index contributed by atoms with van der Waals surface area (Å²) in [5, 5.41) is 5.04. The van der Waals surface area contributed by atoms with E-state index in [2.05, 4.69) is 12.2 Å². The number of hydrogen-bond donors (Lipinski definition) is 1. The standard InChI is InChI=1S/C16H19NO2S/c1-4-14(12-5-7-13(19-3)8-6-12)17-16(18)15-11(2)9-10-20-15/h5-10,14H,4H2,1-3H3,(H,17,18)/t14-/m1/s1. The second-order valence-corrected chi connectivity index (χ2v) is 5.56. The van der Waals surface area contributed by atoms with Crippen molar-refractivity contribution in [3.05, 3.63) is 51.7 Å². The minimum absolute atomic E-state index is 0.000156. The van der Waals surface area contributed by atoms with Crippen molar-refractivity contribution in [2.24, 2.45) is 0 Å². The third kappa shape index (κ3) is 3.20. The van der Waals surface area contributed by atoms with Crippen LogP contribution >= 0.6 is 11.3 Å². The molecule has 1 heterocycles. The number of carbonyl (C=O) groups is 1. The number of rotatable bonds is 5. The van der Waals surface area contributed by atoms with E-state index in [4.69, 9.17) is 4.74 Å². The Bertz CT molecular complexity index is 574. The molecule has 20 heavy (non-hydrogen) atoms. The molecule has 0 bridgehead atoms. The van der Waals surface area contributed by atoms with Crippen molar-refractivity contribution >= 4 is 17.2 Å². The second kappa shape index (κ2) is 6.57. The molecule has 0 unspecified atom stereocenters. The highest BCUT2D eigenvalue weighted by molar-refractivity contribution is 7.12. The van der Waals surface area contributed by atoms with Gasteiger partial charge >= 0.3 is 0 Å². The number of amides is 1. The summed E-state index contributed by atoms with van der Waals surface area (Å²) in [5.41, 5.74) is 2.12. The molecule has 1 atom stereocenters. The van der Waals surface area contributed by atoms with E-state index in [-0.39, 0.29) is 11.9 Å². The van der Waals surface area contributed by atoms with E-state index in [0.29, 0.717) is 0 Å². The Hall–Kier alpha value is -1.81. The maximum atomic E-state index is 12.3. The van der Waals surface area contributed by atoms with Crippen LogP contribution in [0.4, 0.5) is 0 Å². The molecule has 1 aromatic carbocycles. The minimum atomic E-state index is 0.000156. The van der Waals surface area contributed by atoms with Crippen molar-refractivity contribution < 1.29 is 9.53 Å². The Balaban J connectivity index is 2.12. The highest BCUT2D eigenvalue weighted by Crippen LogP contribution is 2.22. The lowest BCUT2D eigenvalue weighted by Crippen LogP contribution is -2.27. The molecule has 1 aromatic heterocycles. The lowest BCUT2D eigenvalue weighted by Gasteiger charge is -2.17. The molecule has 3 nitrogen and oxygen atoms in total. The quantitative estimate of drug-likeness (QED) is 0.905. The first-order chi connectivity index (χ1) is 9.65. The van der Waals surface area contributed by atoms with Crippen LogP contribution in [0.5, 0.6) is 5.75 Å². The molecular weight excluding hydrogens is 270 g/mol. The van der Waals surface area contributed by atoms with Crippen LogP contribution in [0.3, 0.4) is 0 Å². The molecule has 106 valence electrons. The summed E-state index contributed by atoms with van der Waals surface area (Å²) in [4.78, 5) is 13.1. The van der Waals surface area contributed by atoms with Gasteiger partial charge in [0.2, 0.25) is 0 Å². The van der Waals surface area contributed by atoms with E-state index in [0.717, 1.165) is 28.2 Å². The van der Waals surface area contributed by atoms with E-state index < -0.39 is 0 Å². The fourth-order valence-corrected chi connectivity index (χ4v) is 2.91. The molecule has 0 saturated heterocycles. The maximum Gasteiger partial charge on any atom is 0.262 e. The average molecular weight is 289 g/mol. The van der Waals surface area contributed by atoms with E-state index in [1.807, 2.05) is 42.6 Å². The van der Waals surface area contributed by atoms with Gasteiger partial charge in [0.1, 0.15) is 5.75 Å². The number of carbonyl (C=O) groups excluding carboxylic acids is 1. The van der Waals surface area contributed by atoms with Crippen LogP contribution in [0, 0.1) is 6.92 Å². The number of thiophene rings is 1. The third-order valence-corrected chi connectivity index (χ3v) is 4.32. The molecule has 0 aliphatic heterocycles. The SMILES string of the molecule is CC[C@@H](NC(=O)c1sccc1C)c1ccc(OC)cc1. The van der Waals surface area contributed by atoms with Gasteiger partial charge in [-0.3, -0.25) is 4.79 Å². The second-order valence-electron chi connectivity index (χ2n) is 4.64. The van der Waals surface area contributed by atoms with Gasteiger partial charge in [0.15, 0.2) is 0 Å². The van der Waals surface area contributed by atoms with Crippen molar-refractivity contribution in [1.82, 2.24) is 5.32 Å². The maximum absolute atomic E-state index is 12.3. The van der Waals surface area contributed by atoms with E-state index in [1.54, 1.807) is 7.11 Å². The summed E-state index contributed by atoms with van der Waals surface area (Å²) < 4.78 is 5.15. The van der Waals surface area contributed by atoms with Gasteiger partial charge in [0.25, 0.3) is 5.91 Å². The summed E-state index contributed by atoms with van der Waals surface area (Å²) in [6.07, 6.45) is 0.850. The van der Waals surface area contributed by atoms with Crippen LogP contribution in [0.15, 0.2) is 35.7 Å². The Morgan fingerprint density at radius 2 is 2.00 bits per heavy atom. The van der Waals surface area contributed by atoms with Crippen molar-refractivity contribution in [3.8, 4) is 5.75 Å². The number of benzene rings is 1. The Kier molecular flexibility index (Phi) is 4.79. The summed E-state index contributed by atoms with van der Waals surface area (Å²) in [7, 11) is 1.65. The zero-order valence-electron chi connectivity index (χ0n) is 12.0. The minimum Gasteiger partial charge on any atom is -0.497 e. The topological polar surface area (TPSA) is 38.3 Å². The highest BCUT2D eigenvalue weighted by atomic mass is 32.1. The average Bonchev–Trinajstić information content (AvgIpc) is 2.91. The monoisotopic (exact) mass is 289 g/mol. The summed E-state index contributed by atoms with van der Waals surface area (Å²) in [6, 6.07) is 9.81. The van der Waals surface area contributed by atoms with Gasteiger partial charge in [-0.05, 0) is 48.1 Å². The molecule has 2 aromatic rings. The van der Waals surface area contributed by atoms with Gasteiger partial charge in [-0.15, -0.1) is 11.3 Å². The van der Waals surface area contributed by atoms with E-state index >= 15 is 0 Å². The molecule has 0 aliphatic rings. The summed E-state index contributed by atoms with van der Waals surface area (Å²) in [6.45, 7) is 4.02. The molecule has 0 saturated carbocycles. The van der Waals surface area contributed by atoms with Crippen LogP contribution in [-0.2, 0) is 0 Å². The Morgan fingerprint density at radius 1 is 1.30 bits per heavy atom. The van der Waals surface area contributed by atoms with Crippen LogP contribution in [0.1, 0.15) is 40.2 Å². The highest BCUT2D eigenvalue weighted by Gasteiger charge is 2.16. The van der Waals surface area contributed by atoms with Crippen molar-refractivity contribution in [1.29, 1.82) is 0 Å². The molecular formula is C16H19NO2S. The van der Waals surface area contributed by atoms with Gasteiger partial charge in [0.05, 0.1) is 18.0 Å². The van der Waals surface area contributed by atoms with Crippen LogP contribution in [0.25, 0.3) is 0 Å². The summed E-state index contributed by atoms with van der Waals surface area (Å²) in [5.74, 6) is 0.823. The smallest absolute Gasteiger partial charge is 0.262 e.